The average molecular weight is 628 g/mol. The molecule has 9 rings (SSSR count). The van der Waals surface area contributed by atoms with Crippen molar-refractivity contribution in [3.63, 3.8) is 0 Å². The first-order chi connectivity index (χ1) is 24.2. The molecule has 7 aromatic carbocycles. The van der Waals surface area contributed by atoms with Gasteiger partial charge in [-0.1, -0.05) is 158 Å². The molecule has 0 bridgehead atoms. The highest BCUT2D eigenvalue weighted by Crippen LogP contribution is 2.45. The first-order valence-electron chi connectivity index (χ1n) is 16.8. The van der Waals surface area contributed by atoms with Crippen LogP contribution in [0.2, 0.25) is 0 Å². The van der Waals surface area contributed by atoms with Crippen molar-refractivity contribution in [2.45, 2.75) is 6.42 Å². The van der Waals surface area contributed by atoms with Crippen molar-refractivity contribution in [2.24, 2.45) is 0 Å². The molecule has 49 heavy (non-hydrogen) atoms. The highest BCUT2D eigenvalue weighted by molar-refractivity contribution is 6.21. The number of allylic oxidation sites excluding steroid dienone is 6. The molecule has 0 radical (unpaired) electrons. The van der Waals surface area contributed by atoms with E-state index >= 15 is 0 Å². The number of hydrogen-bond donors (Lipinski definition) is 0. The lowest BCUT2D eigenvalue weighted by Crippen LogP contribution is -2.17. The summed E-state index contributed by atoms with van der Waals surface area (Å²) in [5.41, 5.74) is 8.18. The average Bonchev–Trinajstić information content (AvgIpc) is 3.50. The van der Waals surface area contributed by atoms with E-state index < -0.39 is 0 Å². The lowest BCUT2D eigenvalue weighted by Gasteiger charge is -2.28. The molecule has 0 spiro atoms. The summed E-state index contributed by atoms with van der Waals surface area (Å²) in [5.74, 6) is 0. The number of nitrogens with zero attached hydrogens (tertiary/aromatic N) is 1. The summed E-state index contributed by atoms with van der Waals surface area (Å²) < 4.78 is 6.61. The van der Waals surface area contributed by atoms with Gasteiger partial charge >= 0.3 is 0 Å². The summed E-state index contributed by atoms with van der Waals surface area (Å²) in [7, 11) is 0. The van der Waals surface area contributed by atoms with Gasteiger partial charge in [-0.05, 0) is 74.3 Å². The molecule has 2 heteroatoms. The van der Waals surface area contributed by atoms with Gasteiger partial charge in [0.25, 0.3) is 0 Å². The number of furan rings is 1. The first kappa shape index (κ1) is 28.8. The second kappa shape index (κ2) is 12.0. The van der Waals surface area contributed by atoms with Crippen molar-refractivity contribution in [2.75, 3.05) is 4.90 Å². The molecule has 1 aliphatic carbocycles. The van der Waals surface area contributed by atoms with Crippen LogP contribution in [0.5, 0.6) is 0 Å². The van der Waals surface area contributed by atoms with Crippen LogP contribution < -0.4 is 15.5 Å². The summed E-state index contributed by atoms with van der Waals surface area (Å²) in [6, 6.07) is 50.1. The van der Waals surface area contributed by atoms with Crippen LogP contribution in [0.1, 0.15) is 6.42 Å². The van der Waals surface area contributed by atoms with E-state index in [-0.39, 0.29) is 0 Å². The van der Waals surface area contributed by atoms with Gasteiger partial charge in [-0.3, -0.25) is 0 Å². The molecule has 0 N–H and O–H groups in total. The molecule has 0 amide bonds. The van der Waals surface area contributed by atoms with Crippen molar-refractivity contribution in [3.05, 3.63) is 186 Å². The van der Waals surface area contributed by atoms with Crippen molar-refractivity contribution >= 4 is 73.0 Å². The number of para-hydroxylation sites is 1. The normalized spacial score (nSPS) is 14.1. The SMILES string of the molecule is C=c1oc2c(N(c3ccc(-c4ccccc4)cc3)c3cc4c5ccccc5ccc4c4ccccc34)cccc2/c1=C/C=C1/C=CC=CC1. The highest BCUT2D eigenvalue weighted by Gasteiger charge is 2.22. The molecule has 0 unspecified atom stereocenters. The zero-order valence-corrected chi connectivity index (χ0v) is 27.0. The van der Waals surface area contributed by atoms with Crippen LogP contribution in [0.15, 0.2) is 180 Å². The highest BCUT2D eigenvalue weighted by atomic mass is 16.3. The minimum Gasteiger partial charge on any atom is -0.454 e. The Balaban J connectivity index is 1.33. The maximum atomic E-state index is 6.61. The molecule has 1 heterocycles. The molecule has 0 saturated carbocycles. The fourth-order valence-electron chi connectivity index (χ4n) is 7.24. The van der Waals surface area contributed by atoms with Crippen molar-refractivity contribution in [1.82, 2.24) is 0 Å². The molecule has 1 aliphatic rings. The largest absolute Gasteiger partial charge is 0.454 e. The van der Waals surface area contributed by atoms with E-state index in [1.807, 2.05) is 0 Å². The first-order valence-corrected chi connectivity index (χ1v) is 16.8. The van der Waals surface area contributed by atoms with Crippen molar-refractivity contribution in [1.29, 1.82) is 0 Å². The minimum absolute atomic E-state index is 0.656. The van der Waals surface area contributed by atoms with Crippen LogP contribution >= 0.6 is 0 Å². The standard InChI is InChI=1S/C47H33NO/c1-32-38(29-23-33-13-4-2-5-14-33)43-21-12-22-45(47(43)49-32)48(37-27-24-35(25-28-37)34-15-6-3-7-16-34)46-31-44-39-18-9-8-17-36(39)26-30-41(44)40-19-10-11-20-42(40)46/h2-13,15-31H,1,14H2/b33-23-,38-29+. The molecule has 0 aliphatic heterocycles. The predicted molar refractivity (Wildman–Crippen MR) is 209 cm³/mol. The molecule has 8 aromatic rings. The topological polar surface area (TPSA) is 16.4 Å². The van der Waals surface area contributed by atoms with Crippen LogP contribution in [0, 0.1) is 0 Å². The summed E-state index contributed by atoms with van der Waals surface area (Å²) in [5, 5.41) is 9.34. The lowest BCUT2D eigenvalue weighted by atomic mass is 9.95. The molecule has 0 fully saturated rings. The minimum atomic E-state index is 0.656. The number of anilines is 3. The van der Waals surface area contributed by atoms with Gasteiger partial charge in [-0.2, -0.15) is 0 Å². The molecule has 0 saturated heterocycles. The van der Waals surface area contributed by atoms with Gasteiger partial charge in [-0.15, -0.1) is 0 Å². The number of fused-ring (bicyclic) bond motifs is 6. The Morgan fingerprint density at radius 1 is 0.551 bits per heavy atom. The van der Waals surface area contributed by atoms with Gasteiger partial charge in [0, 0.05) is 21.7 Å². The van der Waals surface area contributed by atoms with E-state index in [0.29, 0.717) is 5.42 Å². The Labute approximate surface area is 285 Å². The summed E-state index contributed by atoms with van der Waals surface area (Å²) in [4.78, 5) is 2.36. The summed E-state index contributed by atoms with van der Waals surface area (Å²) in [6.07, 6.45) is 13.7. The third kappa shape index (κ3) is 5.06. The second-order valence-electron chi connectivity index (χ2n) is 12.6. The summed E-state index contributed by atoms with van der Waals surface area (Å²) >= 11 is 0. The number of hydrogen-bond acceptors (Lipinski definition) is 2. The van der Waals surface area contributed by atoms with Gasteiger partial charge in [0.15, 0.2) is 5.58 Å². The van der Waals surface area contributed by atoms with Gasteiger partial charge in [0.05, 0.1) is 11.4 Å². The quantitative estimate of drug-likeness (QED) is 0.177. The molecule has 232 valence electrons. The maximum absolute atomic E-state index is 6.61. The zero-order chi connectivity index (χ0) is 32.7. The molecule has 2 nitrogen and oxygen atoms in total. The van der Waals surface area contributed by atoms with Gasteiger partial charge < -0.3 is 9.32 Å². The van der Waals surface area contributed by atoms with E-state index in [4.69, 9.17) is 4.42 Å². The Kier molecular flexibility index (Phi) is 7.06. The van der Waals surface area contributed by atoms with E-state index in [1.54, 1.807) is 0 Å². The van der Waals surface area contributed by atoms with Gasteiger partial charge in [0.2, 0.25) is 0 Å². The molecular weight excluding hydrogens is 595 g/mol. The predicted octanol–water partition coefficient (Wildman–Crippen LogP) is 11.7. The molecule has 0 atom stereocenters. The fourth-order valence-corrected chi connectivity index (χ4v) is 7.24. The summed E-state index contributed by atoms with van der Waals surface area (Å²) in [6.45, 7) is 4.36. The third-order valence-corrected chi connectivity index (χ3v) is 9.64. The van der Waals surface area contributed by atoms with E-state index in [0.717, 1.165) is 39.7 Å². The lowest BCUT2D eigenvalue weighted by molar-refractivity contribution is 0.578. The smallest absolute Gasteiger partial charge is 0.159 e. The Hall–Kier alpha value is -6.38. The van der Waals surface area contributed by atoms with E-state index in [1.165, 1.54) is 49.0 Å². The number of benzene rings is 7. The zero-order valence-electron chi connectivity index (χ0n) is 27.0. The van der Waals surface area contributed by atoms with Gasteiger partial charge in [-0.25, -0.2) is 0 Å². The van der Waals surface area contributed by atoms with Crippen LogP contribution in [-0.2, 0) is 0 Å². The van der Waals surface area contributed by atoms with Crippen molar-refractivity contribution < 1.29 is 4.42 Å². The molecule has 1 aromatic heterocycles. The Bertz CT molecular complexity index is 2750. The van der Waals surface area contributed by atoms with Crippen molar-refractivity contribution in [3.8, 4) is 11.1 Å². The Morgan fingerprint density at radius 2 is 1.27 bits per heavy atom. The fraction of sp³-hybridized carbons (Fsp3) is 0.0213. The molecular formula is C47H33NO. The maximum Gasteiger partial charge on any atom is 0.159 e. The Morgan fingerprint density at radius 3 is 2.08 bits per heavy atom. The van der Waals surface area contributed by atoms with Gasteiger partial charge in [0.1, 0.15) is 5.42 Å². The van der Waals surface area contributed by atoms with E-state index in [9.17, 15) is 0 Å². The van der Waals surface area contributed by atoms with Crippen LogP contribution in [0.4, 0.5) is 17.1 Å². The van der Waals surface area contributed by atoms with Crippen LogP contribution in [0.25, 0.3) is 67.1 Å². The third-order valence-electron chi connectivity index (χ3n) is 9.64. The monoisotopic (exact) mass is 627 g/mol. The number of rotatable bonds is 5. The second-order valence-corrected chi connectivity index (χ2v) is 12.6. The van der Waals surface area contributed by atoms with Crippen LogP contribution in [-0.4, -0.2) is 0 Å². The van der Waals surface area contributed by atoms with Crippen LogP contribution in [0.3, 0.4) is 0 Å². The van der Waals surface area contributed by atoms with E-state index in [2.05, 4.69) is 187 Å².